The summed E-state index contributed by atoms with van der Waals surface area (Å²) in [6.45, 7) is 0. The molecule has 3 nitrogen and oxygen atoms in total. The molecule has 1 N–H and O–H groups in total. The summed E-state index contributed by atoms with van der Waals surface area (Å²) in [5.74, 6) is 5.70. The summed E-state index contributed by atoms with van der Waals surface area (Å²) in [4.78, 5) is 19.2. The summed E-state index contributed by atoms with van der Waals surface area (Å²) in [6, 6.07) is 15.3. The van der Waals surface area contributed by atoms with Gasteiger partial charge in [0.05, 0.1) is 0 Å². The van der Waals surface area contributed by atoms with Crippen molar-refractivity contribution in [2.75, 3.05) is 0 Å². The molecule has 114 valence electrons. The second-order valence-electron chi connectivity index (χ2n) is 5.34. The molecule has 0 saturated carbocycles. The Morgan fingerprint density at radius 3 is 2.62 bits per heavy atom. The fourth-order valence-corrected chi connectivity index (χ4v) is 2.71. The van der Waals surface area contributed by atoms with Crippen LogP contribution in [0.1, 0.15) is 11.1 Å². The molecule has 0 unspecified atom stereocenters. The van der Waals surface area contributed by atoms with Crippen molar-refractivity contribution in [3.8, 4) is 11.8 Å². The van der Waals surface area contributed by atoms with Crippen LogP contribution in [-0.2, 0) is 0 Å². The summed E-state index contributed by atoms with van der Waals surface area (Å²) in [5.41, 5.74) is 1.64. The topological polar surface area (TPSA) is 45.8 Å². The third-order valence-corrected chi connectivity index (χ3v) is 3.79. The molecule has 0 atom stereocenters. The Hall–Kier alpha value is -3.45. The van der Waals surface area contributed by atoms with Crippen LogP contribution in [0.4, 0.5) is 4.39 Å². The van der Waals surface area contributed by atoms with E-state index in [9.17, 15) is 9.18 Å². The summed E-state index contributed by atoms with van der Waals surface area (Å²) in [6.07, 6.45) is 1.60. The van der Waals surface area contributed by atoms with E-state index in [2.05, 4.69) is 21.8 Å². The number of halogens is 1. The van der Waals surface area contributed by atoms with Crippen LogP contribution in [0.3, 0.4) is 0 Å². The smallest absolute Gasteiger partial charge is 0.257 e. The van der Waals surface area contributed by atoms with Crippen molar-refractivity contribution in [3.05, 3.63) is 88.1 Å². The molecule has 4 rings (SSSR count). The van der Waals surface area contributed by atoms with Crippen LogP contribution in [0.25, 0.3) is 21.8 Å². The van der Waals surface area contributed by atoms with E-state index >= 15 is 0 Å². The number of nitrogens with one attached hydrogen (secondary N) is 1. The van der Waals surface area contributed by atoms with Crippen LogP contribution in [-0.4, -0.2) is 9.97 Å². The molecule has 0 spiro atoms. The van der Waals surface area contributed by atoms with Crippen LogP contribution in [0, 0.1) is 17.7 Å². The molecule has 0 aliphatic heterocycles. The highest BCUT2D eigenvalue weighted by molar-refractivity contribution is 6.06. The minimum absolute atomic E-state index is 0.180. The number of fused-ring (bicyclic) bond motifs is 3. The molecule has 4 heteroatoms. The van der Waals surface area contributed by atoms with E-state index < -0.39 is 0 Å². The van der Waals surface area contributed by atoms with Crippen LogP contribution < -0.4 is 5.56 Å². The van der Waals surface area contributed by atoms with Gasteiger partial charge < -0.3 is 4.98 Å². The highest BCUT2D eigenvalue weighted by Gasteiger charge is 2.08. The van der Waals surface area contributed by atoms with Crippen LogP contribution in [0.15, 0.2) is 65.6 Å². The SMILES string of the molecule is O=c1[nH]c2nccc(C#Cc3cccc(F)c3)c2c2ccccc12. The zero-order valence-corrected chi connectivity index (χ0v) is 12.5. The van der Waals surface area contributed by atoms with E-state index in [-0.39, 0.29) is 11.4 Å². The normalized spacial score (nSPS) is 10.5. The van der Waals surface area contributed by atoms with E-state index in [0.29, 0.717) is 16.6 Å². The number of nitrogens with zero attached hydrogens (tertiary/aromatic N) is 1. The molecule has 0 aliphatic carbocycles. The minimum Gasteiger partial charge on any atom is -0.306 e. The van der Waals surface area contributed by atoms with E-state index in [0.717, 1.165) is 16.3 Å². The van der Waals surface area contributed by atoms with Gasteiger partial charge >= 0.3 is 0 Å². The maximum absolute atomic E-state index is 13.3. The van der Waals surface area contributed by atoms with Gasteiger partial charge in [-0.05, 0) is 35.7 Å². The lowest BCUT2D eigenvalue weighted by molar-refractivity contribution is 0.627. The summed E-state index contributed by atoms with van der Waals surface area (Å²) >= 11 is 0. The largest absolute Gasteiger partial charge is 0.306 e. The lowest BCUT2D eigenvalue weighted by Gasteiger charge is -2.04. The molecule has 0 fully saturated rings. The molecule has 2 aromatic carbocycles. The number of hydrogen-bond acceptors (Lipinski definition) is 2. The second kappa shape index (κ2) is 5.64. The standard InChI is InChI=1S/C20H11FN2O/c21-15-5-3-4-13(12-15)8-9-14-10-11-22-19-18(14)16-6-1-2-7-17(16)20(24)23-19/h1-7,10-12H,(H,22,23,24). The van der Waals surface area contributed by atoms with Crippen molar-refractivity contribution in [2.24, 2.45) is 0 Å². The lowest BCUT2D eigenvalue weighted by Crippen LogP contribution is -2.07. The molecule has 0 bridgehead atoms. The van der Waals surface area contributed by atoms with Crippen molar-refractivity contribution in [3.63, 3.8) is 0 Å². The Morgan fingerprint density at radius 2 is 1.79 bits per heavy atom. The Labute approximate surface area is 136 Å². The van der Waals surface area contributed by atoms with Gasteiger partial charge in [-0.15, -0.1) is 0 Å². The number of aromatic amines is 1. The number of pyridine rings is 2. The first-order valence-corrected chi connectivity index (χ1v) is 7.40. The first-order chi connectivity index (χ1) is 11.7. The second-order valence-corrected chi connectivity index (χ2v) is 5.34. The monoisotopic (exact) mass is 314 g/mol. The van der Waals surface area contributed by atoms with Gasteiger partial charge in [-0.3, -0.25) is 4.79 Å². The average Bonchev–Trinajstić information content (AvgIpc) is 2.60. The van der Waals surface area contributed by atoms with Gasteiger partial charge in [-0.2, -0.15) is 0 Å². The Balaban J connectivity index is 2.00. The molecular weight excluding hydrogens is 303 g/mol. The number of aromatic nitrogens is 2. The van der Waals surface area contributed by atoms with Gasteiger partial charge in [-0.1, -0.05) is 36.1 Å². The molecule has 2 aromatic heterocycles. The quantitative estimate of drug-likeness (QED) is 0.398. The molecular formula is C20H11FN2O. The van der Waals surface area contributed by atoms with Crippen LogP contribution >= 0.6 is 0 Å². The number of H-pyrrole nitrogens is 1. The van der Waals surface area contributed by atoms with Crippen molar-refractivity contribution >= 4 is 21.8 Å². The van der Waals surface area contributed by atoms with Gasteiger partial charge in [0.1, 0.15) is 11.5 Å². The highest BCUT2D eigenvalue weighted by atomic mass is 19.1. The number of benzene rings is 2. The first-order valence-electron chi connectivity index (χ1n) is 7.40. The van der Waals surface area contributed by atoms with Crippen molar-refractivity contribution in [2.45, 2.75) is 0 Å². The van der Waals surface area contributed by atoms with Gasteiger partial charge in [0.25, 0.3) is 5.56 Å². The molecule has 0 radical (unpaired) electrons. The lowest BCUT2D eigenvalue weighted by atomic mass is 10.0. The summed E-state index contributed by atoms with van der Waals surface area (Å²) in [7, 11) is 0. The zero-order valence-electron chi connectivity index (χ0n) is 12.5. The number of rotatable bonds is 0. The predicted octanol–water partition coefficient (Wildman–Crippen LogP) is 3.62. The van der Waals surface area contributed by atoms with Crippen LogP contribution in [0.5, 0.6) is 0 Å². The van der Waals surface area contributed by atoms with Crippen LogP contribution in [0.2, 0.25) is 0 Å². The highest BCUT2D eigenvalue weighted by Crippen LogP contribution is 2.22. The van der Waals surface area contributed by atoms with Crippen molar-refractivity contribution < 1.29 is 4.39 Å². The summed E-state index contributed by atoms with van der Waals surface area (Å²) in [5, 5.41) is 2.18. The molecule has 0 amide bonds. The fraction of sp³-hybridized carbons (Fsp3) is 0. The average molecular weight is 314 g/mol. The van der Waals surface area contributed by atoms with Gasteiger partial charge in [0, 0.05) is 28.1 Å². The Bertz CT molecular complexity index is 1200. The third-order valence-electron chi connectivity index (χ3n) is 3.79. The maximum atomic E-state index is 13.3. The van der Waals surface area contributed by atoms with E-state index in [1.54, 1.807) is 30.5 Å². The molecule has 4 aromatic rings. The number of hydrogen-bond donors (Lipinski definition) is 1. The molecule has 24 heavy (non-hydrogen) atoms. The van der Waals surface area contributed by atoms with Crippen molar-refractivity contribution in [1.82, 2.24) is 9.97 Å². The van der Waals surface area contributed by atoms with E-state index in [4.69, 9.17) is 0 Å². The summed E-state index contributed by atoms with van der Waals surface area (Å²) < 4.78 is 13.3. The van der Waals surface area contributed by atoms with E-state index in [1.807, 2.05) is 18.2 Å². The third kappa shape index (κ3) is 2.42. The minimum atomic E-state index is -0.323. The Kier molecular flexibility index (Phi) is 3.33. The molecule has 0 aliphatic rings. The predicted molar refractivity (Wildman–Crippen MR) is 92.2 cm³/mol. The molecule has 2 heterocycles. The van der Waals surface area contributed by atoms with Gasteiger partial charge in [0.2, 0.25) is 0 Å². The van der Waals surface area contributed by atoms with E-state index in [1.165, 1.54) is 12.1 Å². The van der Waals surface area contributed by atoms with Gasteiger partial charge in [0.15, 0.2) is 0 Å². The molecule has 0 saturated heterocycles. The fourth-order valence-electron chi connectivity index (χ4n) is 2.71. The first kappa shape index (κ1) is 14.2. The zero-order chi connectivity index (χ0) is 16.5. The Morgan fingerprint density at radius 1 is 0.958 bits per heavy atom. The van der Waals surface area contributed by atoms with Crippen molar-refractivity contribution in [1.29, 1.82) is 0 Å². The maximum Gasteiger partial charge on any atom is 0.257 e. The van der Waals surface area contributed by atoms with Gasteiger partial charge in [-0.25, -0.2) is 9.37 Å².